The third-order valence-corrected chi connectivity index (χ3v) is 10.4. The number of carboxylic acids is 1. The average Bonchev–Trinajstić information content (AvgIpc) is 3.17. The van der Waals surface area contributed by atoms with Crippen LogP contribution >= 0.6 is 0 Å². The summed E-state index contributed by atoms with van der Waals surface area (Å²) in [6.07, 6.45) is 1.28. The van der Waals surface area contributed by atoms with Crippen molar-refractivity contribution in [3.05, 3.63) is 130 Å². The van der Waals surface area contributed by atoms with Crippen molar-refractivity contribution in [3.8, 4) is 28.0 Å². The molecule has 2 aliphatic heterocycles. The van der Waals surface area contributed by atoms with Gasteiger partial charge in [0, 0.05) is 54.5 Å². The Morgan fingerprint density at radius 2 is 1.32 bits per heavy atom. The van der Waals surface area contributed by atoms with Gasteiger partial charge in [-0.05, 0) is 68.3 Å². The van der Waals surface area contributed by atoms with E-state index in [1.165, 1.54) is 28.5 Å². The van der Waals surface area contributed by atoms with Crippen molar-refractivity contribution in [2.75, 3.05) is 44.7 Å². The number of aryl methyl sites for hydroxylation is 2. The zero-order valence-electron chi connectivity index (χ0n) is 31.3. The molecule has 2 aliphatic rings. The number of anilines is 1. The molecule has 7 aromatic rings. The van der Waals surface area contributed by atoms with Crippen LogP contribution in [0.4, 0.5) is 10.1 Å². The summed E-state index contributed by atoms with van der Waals surface area (Å²) in [4.78, 5) is 37.7. The van der Waals surface area contributed by atoms with Crippen molar-refractivity contribution in [1.29, 1.82) is 0 Å². The molecule has 4 aromatic carbocycles. The standard InChI is InChI=1S/C26H20N2.C18H20FN3O4.ClH.Cu/c1-17-15-23(19-9-5-3-6-10-19)21-13-14-22-24(20-11-7-4-8-12-20)16-18(2)28-26(22)25(21)27-17;1-10-9-26-17-14-11(16(23)12(18(24)25)8-22(10)14)7-13(19)15(17)21-5-3-20(2)4-6-21;;/h3-16H,1-2H3;7-8,10H,3-6,9H2,1-2H3,(H,24,25);1H;/q;;;+2/p-2/t;10-;;/m.0../s1. The number of ether oxygens (including phenoxy) is 1. The maximum atomic E-state index is 15.0. The number of aromatic nitrogens is 3. The fraction of sp³-hybridized carbons (Fsp3) is 0.227. The van der Waals surface area contributed by atoms with Crippen LogP contribution in [-0.4, -0.2) is 65.2 Å². The Bertz CT molecular complexity index is 2550. The zero-order chi connectivity index (χ0) is 37.7. The van der Waals surface area contributed by atoms with E-state index in [-0.39, 0.29) is 47.5 Å². The van der Waals surface area contributed by atoms with Crippen molar-refractivity contribution in [2.24, 2.45) is 0 Å². The molecular formula is C44H39ClCuFN5O4. The number of halogens is 2. The number of carbonyl (C=O) groups excluding carboxylic acids is 1. The third-order valence-electron chi connectivity index (χ3n) is 10.4. The van der Waals surface area contributed by atoms with Gasteiger partial charge in [-0.3, -0.25) is 14.8 Å². The topological polar surface area (TPSA) is 104 Å². The Labute approximate surface area is 340 Å². The van der Waals surface area contributed by atoms with Crippen LogP contribution in [0.25, 0.3) is 55.0 Å². The number of piperazine rings is 1. The van der Waals surface area contributed by atoms with Crippen LogP contribution in [0.5, 0.6) is 5.75 Å². The quantitative estimate of drug-likeness (QED) is 0.195. The fourth-order valence-electron chi connectivity index (χ4n) is 7.63. The molecule has 0 amide bonds. The van der Waals surface area contributed by atoms with Crippen LogP contribution in [0.2, 0.25) is 0 Å². The number of rotatable bonds is 4. The number of pyridine rings is 3. The first-order valence-corrected chi connectivity index (χ1v) is 18.1. The minimum atomic E-state index is -1.57. The minimum absolute atomic E-state index is 0. The van der Waals surface area contributed by atoms with Crippen molar-refractivity contribution in [2.45, 2.75) is 26.8 Å². The van der Waals surface area contributed by atoms with Crippen molar-refractivity contribution in [1.82, 2.24) is 19.4 Å². The number of nitrogens with zero attached hydrogens (tertiary/aromatic N) is 5. The number of aromatic carboxylic acids is 1. The summed E-state index contributed by atoms with van der Waals surface area (Å²) >= 11 is 0. The van der Waals surface area contributed by atoms with Crippen molar-refractivity contribution >= 4 is 44.4 Å². The van der Waals surface area contributed by atoms with Crippen molar-refractivity contribution in [3.63, 3.8) is 0 Å². The SMILES string of the molecule is C[C@H]1COc2c(N3CCN(C)CC3)c(F)cc3c(=O)c(C(=O)[O-])cn1c23.Cc1cc(-c2ccccc2)c2ccc3c(-c4ccccc4)cc(C)nc3c2n1.[Cl-].[Cu+2]. The molecule has 0 saturated carbocycles. The Hall–Kier alpha value is -5.32. The van der Waals surface area contributed by atoms with Gasteiger partial charge >= 0.3 is 17.1 Å². The Kier molecular flexibility index (Phi) is 11.8. The van der Waals surface area contributed by atoms with Gasteiger partial charge in [0.05, 0.1) is 39.5 Å². The van der Waals surface area contributed by atoms with E-state index in [9.17, 15) is 19.1 Å². The molecule has 0 spiro atoms. The number of carbonyl (C=O) groups is 1. The van der Waals surface area contributed by atoms with Gasteiger partial charge in [-0.2, -0.15) is 0 Å². The van der Waals surface area contributed by atoms with Crippen LogP contribution in [0, 0.1) is 19.7 Å². The van der Waals surface area contributed by atoms with E-state index in [1.54, 1.807) is 4.57 Å². The number of fused-ring (bicyclic) bond motifs is 3. The second-order valence-corrected chi connectivity index (χ2v) is 14.2. The molecule has 1 saturated heterocycles. The van der Waals surface area contributed by atoms with E-state index in [4.69, 9.17) is 14.7 Å². The molecule has 9 rings (SSSR count). The molecular weight excluding hydrogens is 781 g/mol. The summed E-state index contributed by atoms with van der Waals surface area (Å²) in [6, 6.07) is 30.7. The molecule has 9 nitrogen and oxygen atoms in total. The number of likely N-dealkylation sites (N-methyl/N-ethyl adjacent to an activating group) is 1. The average molecular weight is 820 g/mol. The van der Waals surface area contributed by atoms with E-state index in [2.05, 4.69) is 91.5 Å². The number of hydrogen-bond donors (Lipinski definition) is 0. The summed E-state index contributed by atoms with van der Waals surface area (Å²) < 4.78 is 22.5. The normalized spacial score (nSPS) is 15.0. The summed E-state index contributed by atoms with van der Waals surface area (Å²) in [7, 11) is 2.01. The predicted molar refractivity (Wildman–Crippen MR) is 210 cm³/mol. The van der Waals surface area contributed by atoms with Crippen LogP contribution in [-0.2, 0) is 17.1 Å². The van der Waals surface area contributed by atoms with Gasteiger partial charge in [-0.25, -0.2) is 4.39 Å². The number of carboxylic acid groups (broad SMARTS) is 1. The first-order chi connectivity index (χ1) is 26.1. The molecule has 0 unspecified atom stereocenters. The minimum Gasteiger partial charge on any atom is -1.00 e. The van der Waals surface area contributed by atoms with E-state index in [0.29, 0.717) is 30.0 Å². The van der Waals surface area contributed by atoms with Crippen LogP contribution < -0.4 is 32.6 Å². The van der Waals surface area contributed by atoms with Gasteiger partial charge < -0.3 is 41.4 Å². The number of benzene rings is 4. The molecule has 56 heavy (non-hydrogen) atoms. The van der Waals surface area contributed by atoms with Crippen molar-refractivity contribution < 1.29 is 48.5 Å². The zero-order valence-corrected chi connectivity index (χ0v) is 33.0. The number of hydrogen-bond acceptors (Lipinski definition) is 8. The second kappa shape index (κ2) is 16.4. The Morgan fingerprint density at radius 1 is 0.804 bits per heavy atom. The maximum Gasteiger partial charge on any atom is 2.00 e. The molecule has 3 aromatic heterocycles. The molecule has 1 radical (unpaired) electrons. The Morgan fingerprint density at radius 3 is 1.82 bits per heavy atom. The largest absolute Gasteiger partial charge is 2.00 e. The van der Waals surface area contributed by atoms with Gasteiger partial charge in [0.2, 0.25) is 0 Å². The summed E-state index contributed by atoms with van der Waals surface area (Å²) in [5.41, 5.74) is 8.32. The van der Waals surface area contributed by atoms with E-state index < -0.39 is 22.8 Å². The summed E-state index contributed by atoms with van der Waals surface area (Å²) in [6.45, 7) is 9.11. The Balaban J connectivity index is 0.000000184. The molecule has 1 fully saturated rings. The summed E-state index contributed by atoms with van der Waals surface area (Å²) in [5, 5.41) is 13.6. The summed E-state index contributed by atoms with van der Waals surface area (Å²) in [5.74, 6) is -1.83. The van der Waals surface area contributed by atoms with E-state index >= 15 is 0 Å². The molecule has 5 heterocycles. The molecule has 289 valence electrons. The predicted octanol–water partition coefficient (Wildman–Crippen LogP) is 3.94. The van der Waals surface area contributed by atoms with Gasteiger partial charge in [-0.15, -0.1) is 0 Å². The molecule has 1 atom stereocenters. The molecule has 12 heteroatoms. The monoisotopic (exact) mass is 818 g/mol. The van der Waals surface area contributed by atoms with E-state index in [1.807, 2.05) is 31.0 Å². The maximum absolute atomic E-state index is 15.0. The molecule has 0 N–H and O–H groups in total. The van der Waals surface area contributed by atoms with Gasteiger partial charge in [0.25, 0.3) is 0 Å². The van der Waals surface area contributed by atoms with Gasteiger partial charge in [0.1, 0.15) is 12.3 Å². The van der Waals surface area contributed by atoms with Crippen LogP contribution in [0.3, 0.4) is 0 Å². The fourth-order valence-corrected chi connectivity index (χ4v) is 7.63. The first-order valence-electron chi connectivity index (χ1n) is 18.1. The first kappa shape index (κ1) is 40.3. The van der Waals surface area contributed by atoms with E-state index in [0.717, 1.165) is 52.3 Å². The molecule has 0 bridgehead atoms. The second-order valence-electron chi connectivity index (χ2n) is 14.2. The van der Waals surface area contributed by atoms with Crippen LogP contribution in [0.1, 0.15) is 34.7 Å². The molecule has 0 aliphatic carbocycles. The van der Waals surface area contributed by atoms with Crippen LogP contribution in [0.15, 0.2) is 102 Å². The smallest absolute Gasteiger partial charge is 1.00 e. The third kappa shape index (κ3) is 7.35. The van der Waals surface area contributed by atoms with Gasteiger partial charge in [0.15, 0.2) is 17.0 Å². The van der Waals surface area contributed by atoms with Gasteiger partial charge in [-0.1, -0.05) is 72.8 Å².